The lowest BCUT2D eigenvalue weighted by Crippen LogP contribution is -2.29. The second-order valence-electron chi connectivity index (χ2n) is 4.30. The predicted octanol–water partition coefficient (Wildman–Crippen LogP) is 1.35. The molecule has 0 spiro atoms. The van der Waals surface area contributed by atoms with Crippen LogP contribution in [-0.2, 0) is 17.8 Å². The smallest absolute Gasteiger partial charge is 0.341 e. The van der Waals surface area contributed by atoms with Gasteiger partial charge in [0, 0.05) is 11.9 Å². The summed E-state index contributed by atoms with van der Waals surface area (Å²) >= 11 is 0. The Kier molecular flexibility index (Phi) is 3.56. The monoisotopic (exact) mass is 275 g/mol. The van der Waals surface area contributed by atoms with Crippen LogP contribution in [0, 0.1) is 0 Å². The lowest BCUT2D eigenvalue weighted by molar-refractivity contribution is -0.136. The number of carboxylic acid groups (broad SMARTS) is 2. The fourth-order valence-electron chi connectivity index (χ4n) is 2.34. The lowest BCUT2D eigenvalue weighted by atomic mass is 10.00. The maximum absolute atomic E-state index is 12.2. The molecule has 6 nitrogen and oxygen atoms in total. The van der Waals surface area contributed by atoms with E-state index in [4.69, 9.17) is 5.11 Å². The van der Waals surface area contributed by atoms with Gasteiger partial charge in [-0.2, -0.15) is 0 Å². The molecule has 0 saturated heterocycles. The van der Waals surface area contributed by atoms with E-state index in [0.717, 1.165) is 0 Å². The van der Waals surface area contributed by atoms with Crippen LogP contribution < -0.4 is 5.56 Å². The Morgan fingerprint density at radius 3 is 2.40 bits per heavy atom. The van der Waals surface area contributed by atoms with Crippen molar-refractivity contribution in [3.8, 4) is 0 Å². The predicted molar refractivity (Wildman–Crippen MR) is 72.2 cm³/mol. The SMILES string of the molecule is CCn1c(=O)c(C(=O)O)c(CC(=O)O)c2ccccc21. The van der Waals surface area contributed by atoms with E-state index in [0.29, 0.717) is 17.4 Å². The van der Waals surface area contributed by atoms with Crippen LogP contribution in [0.25, 0.3) is 10.9 Å². The van der Waals surface area contributed by atoms with E-state index in [-0.39, 0.29) is 5.56 Å². The third-order valence-electron chi connectivity index (χ3n) is 3.14. The van der Waals surface area contributed by atoms with Gasteiger partial charge in [-0.05, 0) is 18.6 Å². The van der Waals surface area contributed by atoms with Crippen LogP contribution in [0.2, 0.25) is 0 Å². The van der Waals surface area contributed by atoms with Gasteiger partial charge in [-0.25, -0.2) is 4.79 Å². The molecule has 1 aromatic carbocycles. The highest BCUT2D eigenvalue weighted by molar-refractivity contribution is 5.98. The minimum atomic E-state index is -1.40. The van der Waals surface area contributed by atoms with Gasteiger partial charge < -0.3 is 14.8 Å². The normalized spacial score (nSPS) is 10.7. The standard InChI is InChI=1S/C14H13NO5/c1-2-15-10-6-4-3-5-8(10)9(7-11(16)17)12(13(15)18)14(19)20/h3-6H,2,7H2,1H3,(H,16,17)(H,19,20). The first kappa shape index (κ1) is 13.8. The molecular weight excluding hydrogens is 262 g/mol. The Labute approximate surface area is 113 Å². The first-order chi connectivity index (χ1) is 9.47. The highest BCUT2D eigenvalue weighted by Gasteiger charge is 2.22. The number of aromatic nitrogens is 1. The molecule has 2 N–H and O–H groups in total. The lowest BCUT2D eigenvalue weighted by Gasteiger charge is -2.13. The number of para-hydroxylation sites is 1. The first-order valence-corrected chi connectivity index (χ1v) is 6.06. The van der Waals surface area contributed by atoms with Crippen molar-refractivity contribution >= 4 is 22.8 Å². The quantitative estimate of drug-likeness (QED) is 0.877. The van der Waals surface area contributed by atoms with E-state index in [2.05, 4.69) is 0 Å². The molecule has 104 valence electrons. The molecule has 20 heavy (non-hydrogen) atoms. The molecule has 0 amide bonds. The number of carboxylic acids is 2. The summed E-state index contributed by atoms with van der Waals surface area (Å²) in [7, 11) is 0. The number of hydrogen-bond donors (Lipinski definition) is 2. The summed E-state index contributed by atoms with van der Waals surface area (Å²) in [5.74, 6) is -2.58. The van der Waals surface area contributed by atoms with Crippen LogP contribution in [0.15, 0.2) is 29.1 Å². The maximum Gasteiger partial charge on any atom is 0.341 e. The van der Waals surface area contributed by atoms with Gasteiger partial charge in [-0.15, -0.1) is 0 Å². The number of nitrogens with zero attached hydrogens (tertiary/aromatic N) is 1. The highest BCUT2D eigenvalue weighted by Crippen LogP contribution is 2.21. The number of rotatable bonds is 4. The van der Waals surface area contributed by atoms with Crippen molar-refractivity contribution in [2.75, 3.05) is 0 Å². The van der Waals surface area contributed by atoms with Crippen molar-refractivity contribution in [3.63, 3.8) is 0 Å². The Hall–Kier alpha value is -2.63. The molecule has 0 atom stereocenters. The van der Waals surface area contributed by atoms with Crippen molar-refractivity contribution in [2.24, 2.45) is 0 Å². The molecule has 0 fully saturated rings. The third-order valence-corrected chi connectivity index (χ3v) is 3.14. The van der Waals surface area contributed by atoms with Gasteiger partial charge in [-0.3, -0.25) is 9.59 Å². The summed E-state index contributed by atoms with van der Waals surface area (Å²) in [5.41, 5.74) is -0.542. The fraction of sp³-hybridized carbons (Fsp3) is 0.214. The third kappa shape index (κ3) is 2.16. The van der Waals surface area contributed by atoms with Crippen LogP contribution in [0.3, 0.4) is 0 Å². The number of fused-ring (bicyclic) bond motifs is 1. The zero-order chi connectivity index (χ0) is 14.9. The van der Waals surface area contributed by atoms with Gasteiger partial charge in [0.1, 0.15) is 5.56 Å². The number of benzene rings is 1. The second-order valence-corrected chi connectivity index (χ2v) is 4.30. The molecule has 0 bridgehead atoms. The van der Waals surface area contributed by atoms with Crippen molar-refractivity contribution in [1.82, 2.24) is 4.57 Å². The highest BCUT2D eigenvalue weighted by atomic mass is 16.4. The van der Waals surface area contributed by atoms with Crippen LogP contribution in [0.5, 0.6) is 0 Å². The van der Waals surface area contributed by atoms with E-state index >= 15 is 0 Å². The zero-order valence-electron chi connectivity index (χ0n) is 10.8. The maximum atomic E-state index is 12.2. The Morgan fingerprint density at radius 2 is 1.85 bits per heavy atom. The number of pyridine rings is 1. The summed E-state index contributed by atoms with van der Waals surface area (Å²) < 4.78 is 1.34. The number of aromatic carboxylic acids is 1. The van der Waals surface area contributed by atoms with E-state index in [1.807, 2.05) is 0 Å². The summed E-state index contributed by atoms with van der Waals surface area (Å²) in [5, 5.41) is 18.7. The molecule has 0 saturated carbocycles. The molecule has 6 heteroatoms. The minimum Gasteiger partial charge on any atom is -0.481 e. The molecule has 0 aliphatic rings. The molecule has 2 rings (SSSR count). The van der Waals surface area contributed by atoms with Crippen molar-refractivity contribution in [2.45, 2.75) is 19.9 Å². The molecule has 1 aromatic heterocycles. The molecule has 0 unspecified atom stereocenters. The van der Waals surface area contributed by atoms with E-state index in [9.17, 15) is 19.5 Å². The average molecular weight is 275 g/mol. The first-order valence-electron chi connectivity index (χ1n) is 6.06. The Balaban J connectivity index is 2.99. The molecular formula is C14H13NO5. The summed E-state index contributed by atoms with van der Waals surface area (Å²) in [6.45, 7) is 2.04. The molecule has 0 aliphatic heterocycles. The number of aliphatic carboxylic acids is 1. The van der Waals surface area contributed by atoms with Crippen LogP contribution in [0.4, 0.5) is 0 Å². The van der Waals surface area contributed by atoms with Crippen molar-refractivity contribution in [3.05, 3.63) is 45.7 Å². The van der Waals surface area contributed by atoms with Crippen LogP contribution in [0.1, 0.15) is 22.8 Å². The molecule has 1 heterocycles. The topological polar surface area (TPSA) is 96.6 Å². The van der Waals surface area contributed by atoms with E-state index < -0.39 is 29.5 Å². The van der Waals surface area contributed by atoms with Gasteiger partial charge in [0.25, 0.3) is 5.56 Å². The zero-order valence-corrected chi connectivity index (χ0v) is 10.8. The minimum absolute atomic E-state index is 0.0512. The Morgan fingerprint density at radius 1 is 1.20 bits per heavy atom. The van der Waals surface area contributed by atoms with Gasteiger partial charge in [0.05, 0.1) is 11.9 Å². The number of aryl methyl sites for hydroxylation is 1. The molecule has 0 radical (unpaired) electrons. The van der Waals surface area contributed by atoms with E-state index in [1.54, 1.807) is 31.2 Å². The number of carbonyl (C=O) groups is 2. The number of hydrogen-bond acceptors (Lipinski definition) is 3. The Bertz CT molecular complexity index is 760. The average Bonchev–Trinajstić information content (AvgIpc) is 2.38. The van der Waals surface area contributed by atoms with Crippen LogP contribution in [-0.4, -0.2) is 26.7 Å². The van der Waals surface area contributed by atoms with Crippen molar-refractivity contribution in [1.29, 1.82) is 0 Å². The van der Waals surface area contributed by atoms with Crippen molar-refractivity contribution < 1.29 is 19.8 Å². The van der Waals surface area contributed by atoms with Crippen LogP contribution >= 0.6 is 0 Å². The van der Waals surface area contributed by atoms with Gasteiger partial charge in [0.2, 0.25) is 0 Å². The largest absolute Gasteiger partial charge is 0.481 e. The fourth-order valence-corrected chi connectivity index (χ4v) is 2.34. The van der Waals surface area contributed by atoms with Gasteiger partial charge in [-0.1, -0.05) is 18.2 Å². The van der Waals surface area contributed by atoms with Gasteiger partial charge >= 0.3 is 11.9 Å². The second kappa shape index (κ2) is 5.16. The van der Waals surface area contributed by atoms with Gasteiger partial charge in [0.15, 0.2) is 0 Å². The summed E-state index contributed by atoms with van der Waals surface area (Å²) in [4.78, 5) is 34.5. The molecule has 0 aliphatic carbocycles. The van der Waals surface area contributed by atoms with E-state index in [1.165, 1.54) is 4.57 Å². The summed E-state index contributed by atoms with van der Waals surface area (Å²) in [6.07, 6.45) is -0.498. The molecule has 2 aromatic rings. The summed E-state index contributed by atoms with van der Waals surface area (Å²) in [6, 6.07) is 6.71.